The summed E-state index contributed by atoms with van der Waals surface area (Å²) in [6.07, 6.45) is 1.95. The van der Waals surface area contributed by atoms with E-state index in [2.05, 4.69) is 10.5 Å². The van der Waals surface area contributed by atoms with Gasteiger partial charge in [-0.05, 0) is 46.5 Å². The molecule has 0 bridgehead atoms. The van der Waals surface area contributed by atoms with E-state index < -0.39 is 5.60 Å². The highest BCUT2D eigenvalue weighted by molar-refractivity contribution is 5.68. The predicted molar refractivity (Wildman–Crippen MR) is 83.5 cm³/mol. The fourth-order valence-electron chi connectivity index (χ4n) is 2.63. The minimum atomic E-state index is -0.437. The number of amides is 1. The SMILES string of the molecule is Cc1cc(CNC[C@@H]2CCCN(C(=O)OC(C)(C)C)C2)no1. The van der Waals surface area contributed by atoms with Crippen LogP contribution in [0.4, 0.5) is 4.79 Å². The van der Waals surface area contributed by atoms with Crippen molar-refractivity contribution in [3.05, 3.63) is 17.5 Å². The van der Waals surface area contributed by atoms with Gasteiger partial charge in [0.2, 0.25) is 0 Å². The molecule has 1 aromatic heterocycles. The number of carbonyl (C=O) groups excluding carboxylic acids is 1. The monoisotopic (exact) mass is 309 g/mol. The Morgan fingerprint density at radius 3 is 2.95 bits per heavy atom. The summed E-state index contributed by atoms with van der Waals surface area (Å²) in [5.74, 6) is 1.28. The number of likely N-dealkylation sites (tertiary alicyclic amines) is 1. The standard InChI is InChI=1S/C16H27N3O3/c1-12-8-14(18-22-12)10-17-9-13-6-5-7-19(11-13)15(20)21-16(2,3)4/h8,13,17H,5-7,9-11H2,1-4H3/t13-/m0/s1. The Balaban J connectivity index is 1.74. The van der Waals surface area contributed by atoms with E-state index in [9.17, 15) is 4.79 Å². The van der Waals surface area contributed by atoms with Gasteiger partial charge in [0, 0.05) is 32.2 Å². The highest BCUT2D eigenvalue weighted by Gasteiger charge is 2.27. The van der Waals surface area contributed by atoms with Crippen molar-refractivity contribution in [1.29, 1.82) is 0 Å². The minimum Gasteiger partial charge on any atom is -0.444 e. The Kier molecular flexibility index (Phi) is 5.45. The molecule has 6 heteroatoms. The molecule has 6 nitrogen and oxygen atoms in total. The molecule has 1 aromatic rings. The zero-order chi connectivity index (χ0) is 16.2. The lowest BCUT2D eigenvalue weighted by molar-refractivity contribution is 0.0166. The van der Waals surface area contributed by atoms with Crippen LogP contribution in [0.2, 0.25) is 0 Å². The van der Waals surface area contributed by atoms with Crippen molar-refractivity contribution in [2.75, 3.05) is 19.6 Å². The number of piperidine rings is 1. The van der Waals surface area contributed by atoms with E-state index in [1.807, 2.05) is 38.7 Å². The second-order valence-corrected chi connectivity index (χ2v) is 6.99. The Labute approximate surface area is 132 Å². The van der Waals surface area contributed by atoms with Crippen LogP contribution < -0.4 is 5.32 Å². The van der Waals surface area contributed by atoms with Crippen molar-refractivity contribution < 1.29 is 14.1 Å². The summed E-state index contributed by atoms with van der Waals surface area (Å²) in [6.45, 7) is 10.7. The maximum absolute atomic E-state index is 12.1. The van der Waals surface area contributed by atoms with E-state index in [0.717, 1.165) is 43.9 Å². The largest absolute Gasteiger partial charge is 0.444 e. The number of nitrogens with one attached hydrogen (secondary N) is 1. The Morgan fingerprint density at radius 1 is 1.55 bits per heavy atom. The molecule has 0 unspecified atom stereocenters. The zero-order valence-electron chi connectivity index (χ0n) is 14.0. The van der Waals surface area contributed by atoms with Gasteiger partial charge in [-0.3, -0.25) is 0 Å². The van der Waals surface area contributed by atoms with Crippen molar-refractivity contribution >= 4 is 6.09 Å². The van der Waals surface area contributed by atoms with Crippen LogP contribution in [0.5, 0.6) is 0 Å². The topological polar surface area (TPSA) is 67.6 Å². The minimum absolute atomic E-state index is 0.204. The van der Waals surface area contributed by atoms with Gasteiger partial charge in [0.1, 0.15) is 11.4 Å². The first-order valence-corrected chi connectivity index (χ1v) is 7.94. The number of aryl methyl sites for hydroxylation is 1. The lowest BCUT2D eigenvalue weighted by atomic mass is 9.98. The molecular formula is C16H27N3O3. The van der Waals surface area contributed by atoms with Crippen LogP contribution >= 0.6 is 0 Å². The first-order chi connectivity index (χ1) is 10.3. The third-order valence-corrected chi connectivity index (χ3v) is 3.59. The van der Waals surface area contributed by atoms with Gasteiger partial charge in [0.05, 0.1) is 5.69 Å². The summed E-state index contributed by atoms with van der Waals surface area (Å²) in [6, 6.07) is 1.93. The van der Waals surface area contributed by atoms with Crippen molar-refractivity contribution in [3.63, 3.8) is 0 Å². The van der Waals surface area contributed by atoms with Gasteiger partial charge in [-0.1, -0.05) is 5.16 Å². The number of ether oxygens (including phenoxy) is 1. The van der Waals surface area contributed by atoms with Crippen molar-refractivity contribution in [1.82, 2.24) is 15.4 Å². The molecule has 1 saturated heterocycles. The van der Waals surface area contributed by atoms with Crippen LogP contribution in [0.1, 0.15) is 45.1 Å². The molecule has 0 aromatic carbocycles. The molecule has 1 atom stereocenters. The number of nitrogens with zero attached hydrogens (tertiary/aromatic N) is 2. The number of carbonyl (C=O) groups is 1. The van der Waals surface area contributed by atoms with Gasteiger partial charge >= 0.3 is 6.09 Å². The molecule has 2 heterocycles. The fourth-order valence-corrected chi connectivity index (χ4v) is 2.63. The van der Waals surface area contributed by atoms with E-state index in [4.69, 9.17) is 9.26 Å². The van der Waals surface area contributed by atoms with Crippen LogP contribution in [-0.4, -0.2) is 41.4 Å². The third kappa shape index (κ3) is 5.33. The highest BCUT2D eigenvalue weighted by Crippen LogP contribution is 2.19. The number of rotatable bonds is 4. The maximum atomic E-state index is 12.1. The molecule has 0 spiro atoms. The molecule has 0 aliphatic carbocycles. The van der Waals surface area contributed by atoms with Gasteiger partial charge in [0.15, 0.2) is 0 Å². The van der Waals surface area contributed by atoms with Crippen LogP contribution in [0, 0.1) is 12.8 Å². The smallest absolute Gasteiger partial charge is 0.410 e. The van der Waals surface area contributed by atoms with E-state index in [-0.39, 0.29) is 6.09 Å². The summed E-state index contributed by atoms with van der Waals surface area (Å²) < 4.78 is 10.5. The number of hydrogen-bond acceptors (Lipinski definition) is 5. The molecule has 0 radical (unpaired) electrons. The van der Waals surface area contributed by atoms with Crippen LogP contribution in [0.3, 0.4) is 0 Å². The first-order valence-electron chi connectivity index (χ1n) is 7.94. The normalized spacial score (nSPS) is 19.3. The van der Waals surface area contributed by atoms with E-state index >= 15 is 0 Å². The third-order valence-electron chi connectivity index (χ3n) is 3.59. The van der Waals surface area contributed by atoms with Gasteiger partial charge in [-0.2, -0.15) is 0 Å². The second kappa shape index (κ2) is 7.13. The Hall–Kier alpha value is -1.56. The van der Waals surface area contributed by atoms with Gasteiger partial charge in [-0.15, -0.1) is 0 Å². The molecule has 124 valence electrons. The molecule has 1 fully saturated rings. The summed E-state index contributed by atoms with van der Waals surface area (Å²) in [7, 11) is 0. The Bertz CT molecular complexity index is 493. The van der Waals surface area contributed by atoms with E-state index in [1.165, 1.54) is 0 Å². The Morgan fingerprint density at radius 2 is 2.32 bits per heavy atom. The molecule has 1 N–H and O–H groups in total. The van der Waals surface area contributed by atoms with Crippen molar-refractivity contribution in [2.45, 2.75) is 52.7 Å². The summed E-state index contributed by atoms with van der Waals surface area (Å²) in [5.41, 5.74) is 0.477. The van der Waals surface area contributed by atoms with E-state index in [1.54, 1.807) is 0 Å². The zero-order valence-corrected chi connectivity index (χ0v) is 14.0. The summed E-state index contributed by atoms with van der Waals surface area (Å²) in [5, 5.41) is 7.35. The van der Waals surface area contributed by atoms with Gasteiger partial charge < -0.3 is 19.5 Å². The average molecular weight is 309 g/mol. The quantitative estimate of drug-likeness (QED) is 0.926. The summed E-state index contributed by atoms with van der Waals surface area (Å²) in [4.78, 5) is 13.9. The maximum Gasteiger partial charge on any atom is 0.410 e. The van der Waals surface area contributed by atoms with Crippen molar-refractivity contribution in [2.24, 2.45) is 5.92 Å². The molecule has 1 amide bonds. The lowest BCUT2D eigenvalue weighted by Gasteiger charge is -2.34. The highest BCUT2D eigenvalue weighted by atomic mass is 16.6. The molecule has 2 rings (SSSR count). The van der Waals surface area contributed by atoms with Gasteiger partial charge in [-0.25, -0.2) is 4.79 Å². The molecule has 1 aliphatic heterocycles. The second-order valence-electron chi connectivity index (χ2n) is 6.99. The molecule has 0 saturated carbocycles. The average Bonchev–Trinajstić information content (AvgIpc) is 2.83. The van der Waals surface area contributed by atoms with Crippen LogP contribution in [0.25, 0.3) is 0 Å². The molecule has 1 aliphatic rings. The fraction of sp³-hybridized carbons (Fsp3) is 0.750. The lowest BCUT2D eigenvalue weighted by Crippen LogP contribution is -2.45. The first kappa shape index (κ1) is 16.8. The van der Waals surface area contributed by atoms with E-state index in [0.29, 0.717) is 12.5 Å². The predicted octanol–water partition coefficient (Wildman–Crippen LogP) is 2.72. The van der Waals surface area contributed by atoms with Crippen LogP contribution in [-0.2, 0) is 11.3 Å². The number of hydrogen-bond donors (Lipinski definition) is 1. The molecular weight excluding hydrogens is 282 g/mol. The summed E-state index contributed by atoms with van der Waals surface area (Å²) >= 11 is 0. The van der Waals surface area contributed by atoms with Crippen molar-refractivity contribution in [3.8, 4) is 0 Å². The molecule has 22 heavy (non-hydrogen) atoms. The van der Waals surface area contributed by atoms with Crippen LogP contribution in [0.15, 0.2) is 10.6 Å². The number of aromatic nitrogens is 1. The van der Waals surface area contributed by atoms with Gasteiger partial charge in [0.25, 0.3) is 0 Å².